The standard InChI is InChI=1S/C21H24ClF2NO/c22-12-1-13-25-14-10-18(11-15-25)21(26,16-2-6-19(23)7-3-16)17-4-8-20(24)9-5-17/h2-9,18,26H,1,10-15H2. The Morgan fingerprint density at radius 2 is 1.38 bits per heavy atom. The lowest BCUT2D eigenvalue weighted by Gasteiger charge is -2.42. The third-order valence-electron chi connectivity index (χ3n) is 5.36. The smallest absolute Gasteiger partial charge is 0.123 e. The zero-order chi connectivity index (χ0) is 18.6. The summed E-state index contributed by atoms with van der Waals surface area (Å²) in [7, 11) is 0. The van der Waals surface area contributed by atoms with Gasteiger partial charge in [-0.1, -0.05) is 24.3 Å². The second-order valence-corrected chi connectivity index (χ2v) is 7.32. The second kappa shape index (κ2) is 8.47. The molecule has 3 rings (SSSR count). The van der Waals surface area contributed by atoms with E-state index in [1.54, 1.807) is 24.3 Å². The zero-order valence-electron chi connectivity index (χ0n) is 14.7. The largest absolute Gasteiger partial charge is 0.380 e. The molecule has 0 radical (unpaired) electrons. The van der Waals surface area contributed by atoms with Gasteiger partial charge in [0.15, 0.2) is 0 Å². The average Bonchev–Trinajstić information content (AvgIpc) is 2.67. The van der Waals surface area contributed by atoms with Gasteiger partial charge < -0.3 is 10.0 Å². The highest BCUT2D eigenvalue weighted by Crippen LogP contribution is 2.42. The van der Waals surface area contributed by atoms with Crippen molar-refractivity contribution in [3.63, 3.8) is 0 Å². The Labute approximate surface area is 158 Å². The molecule has 1 aliphatic heterocycles. The Kier molecular flexibility index (Phi) is 6.28. The van der Waals surface area contributed by atoms with Crippen LogP contribution in [0.4, 0.5) is 8.78 Å². The lowest BCUT2D eigenvalue weighted by Crippen LogP contribution is -2.44. The molecular weight excluding hydrogens is 356 g/mol. The van der Waals surface area contributed by atoms with Gasteiger partial charge in [0.05, 0.1) is 0 Å². The maximum atomic E-state index is 13.4. The van der Waals surface area contributed by atoms with Crippen molar-refractivity contribution in [3.05, 3.63) is 71.3 Å². The molecule has 0 aromatic heterocycles. The van der Waals surface area contributed by atoms with Crippen LogP contribution in [0.3, 0.4) is 0 Å². The van der Waals surface area contributed by atoms with E-state index in [-0.39, 0.29) is 17.6 Å². The van der Waals surface area contributed by atoms with Gasteiger partial charge in [0, 0.05) is 5.88 Å². The number of hydrogen-bond donors (Lipinski definition) is 1. The van der Waals surface area contributed by atoms with Crippen LogP contribution < -0.4 is 0 Å². The molecule has 2 aromatic carbocycles. The van der Waals surface area contributed by atoms with Gasteiger partial charge >= 0.3 is 0 Å². The van der Waals surface area contributed by atoms with Crippen molar-refractivity contribution in [2.75, 3.05) is 25.5 Å². The molecule has 2 aromatic rings. The highest BCUT2D eigenvalue weighted by molar-refractivity contribution is 6.17. The van der Waals surface area contributed by atoms with Gasteiger partial charge in [-0.2, -0.15) is 0 Å². The molecule has 1 fully saturated rings. The Bertz CT molecular complexity index is 651. The van der Waals surface area contributed by atoms with Gasteiger partial charge in [-0.3, -0.25) is 0 Å². The quantitative estimate of drug-likeness (QED) is 0.745. The second-order valence-electron chi connectivity index (χ2n) is 6.94. The third kappa shape index (κ3) is 4.08. The number of hydrogen-bond acceptors (Lipinski definition) is 2. The summed E-state index contributed by atoms with van der Waals surface area (Å²) in [5, 5.41) is 11.7. The van der Waals surface area contributed by atoms with Crippen molar-refractivity contribution in [1.29, 1.82) is 0 Å². The van der Waals surface area contributed by atoms with Crippen LogP contribution in [0.15, 0.2) is 48.5 Å². The van der Waals surface area contributed by atoms with Crippen LogP contribution in [0, 0.1) is 17.6 Å². The fraction of sp³-hybridized carbons (Fsp3) is 0.429. The molecule has 140 valence electrons. The third-order valence-corrected chi connectivity index (χ3v) is 5.62. The highest BCUT2D eigenvalue weighted by atomic mass is 35.5. The molecule has 2 nitrogen and oxygen atoms in total. The first-order valence-electron chi connectivity index (χ1n) is 9.07. The van der Waals surface area contributed by atoms with Gasteiger partial charge in [-0.15, -0.1) is 11.6 Å². The van der Waals surface area contributed by atoms with Crippen LogP contribution in [-0.4, -0.2) is 35.5 Å². The summed E-state index contributed by atoms with van der Waals surface area (Å²) in [5.74, 6) is -0.0578. The van der Waals surface area contributed by atoms with E-state index in [4.69, 9.17) is 11.6 Å². The number of halogens is 3. The summed E-state index contributed by atoms with van der Waals surface area (Å²) < 4.78 is 26.8. The normalized spacial score (nSPS) is 16.8. The van der Waals surface area contributed by atoms with E-state index >= 15 is 0 Å². The first kappa shape index (κ1) is 19.3. The number of nitrogens with zero attached hydrogens (tertiary/aromatic N) is 1. The number of likely N-dealkylation sites (tertiary alicyclic amines) is 1. The fourth-order valence-electron chi connectivity index (χ4n) is 3.90. The number of rotatable bonds is 6. The zero-order valence-corrected chi connectivity index (χ0v) is 15.4. The molecule has 1 N–H and O–H groups in total. The molecule has 1 heterocycles. The van der Waals surface area contributed by atoms with Gasteiger partial charge in [-0.05, 0) is 80.2 Å². The first-order chi connectivity index (χ1) is 12.5. The lowest BCUT2D eigenvalue weighted by atomic mass is 9.72. The van der Waals surface area contributed by atoms with Crippen LogP contribution in [0.25, 0.3) is 0 Å². The molecule has 0 spiro atoms. The van der Waals surface area contributed by atoms with E-state index < -0.39 is 5.60 Å². The van der Waals surface area contributed by atoms with E-state index in [1.165, 1.54) is 24.3 Å². The van der Waals surface area contributed by atoms with Crippen LogP contribution >= 0.6 is 11.6 Å². The molecule has 0 unspecified atom stereocenters. The molecule has 5 heteroatoms. The van der Waals surface area contributed by atoms with E-state index in [0.29, 0.717) is 17.0 Å². The summed E-state index contributed by atoms with van der Waals surface area (Å²) >= 11 is 5.78. The topological polar surface area (TPSA) is 23.5 Å². The average molecular weight is 380 g/mol. The van der Waals surface area contributed by atoms with Gasteiger partial charge in [0.25, 0.3) is 0 Å². The van der Waals surface area contributed by atoms with Crippen LogP contribution in [0.1, 0.15) is 30.4 Å². The van der Waals surface area contributed by atoms with Crippen molar-refractivity contribution in [2.45, 2.75) is 24.9 Å². The summed E-state index contributed by atoms with van der Waals surface area (Å²) in [6.07, 6.45) is 2.58. The van der Waals surface area contributed by atoms with Crippen molar-refractivity contribution in [3.8, 4) is 0 Å². The summed E-state index contributed by atoms with van der Waals surface area (Å²) in [4.78, 5) is 2.36. The maximum Gasteiger partial charge on any atom is 0.123 e. The van der Waals surface area contributed by atoms with E-state index in [9.17, 15) is 13.9 Å². The minimum atomic E-state index is -1.26. The number of alkyl halides is 1. The molecule has 0 aliphatic carbocycles. The van der Waals surface area contributed by atoms with E-state index in [1.807, 2.05) is 0 Å². The Morgan fingerprint density at radius 1 is 0.923 bits per heavy atom. The molecule has 1 aliphatic rings. The van der Waals surface area contributed by atoms with Crippen molar-refractivity contribution in [2.24, 2.45) is 5.92 Å². The van der Waals surface area contributed by atoms with Gasteiger partial charge in [0.1, 0.15) is 17.2 Å². The Hall–Kier alpha value is -1.49. The minimum Gasteiger partial charge on any atom is -0.380 e. The summed E-state index contributed by atoms with van der Waals surface area (Å²) in [6, 6.07) is 11.9. The molecule has 0 saturated carbocycles. The lowest BCUT2D eigenvalue weighted by molar-refractivity contribution is -0.0141. The Morgan fingerprint density at radius 3 is 1.81 bits per heavy atom. The SMILES string of the molecule is OC(c1ccc(F)cc1)(c1ccc(F)cc1)C1CCN(CCCCl)CC1. The number of benzene rings is 2. The highest BCUT2D eigenvalue weighted by Gasteiger charge is 2.41. The van der Waals surface area contributed by atoms with E-state index in [2.05, 4.69) is 4.90 Å². The molecule has 0 amide bonds. The predicted octanol–water partition coefficient (Wildman–Crippen LogP) is 4.54. The number of aliphatic hydroxyl groups is 1. The van der Waals surface area contributed by atoms with Crippen molar-refractivity contribution < 1.29 is 13.9 Å². The predicted molar refractivity (Wildman–Crippen MR) is 100 cm³/mol. The molecule has 1 saturated heterocycles. The van der Waals surface area contributed by atoms with Crippen LogP contribution in [0.2, 0.25) is 0 Å². The van der Waals surface area contributed by atoms with Crippen molar-refractivity contribution in [1.82, 2.24) is 4.90 Å². The van der Waals surface area contributed by atoms with Crippen LogP contribution in [0.5, 0.6) is 0 Å². The molecule has 26 heavy (non-hydrogen) atoms. The fourth-order valence-corrected chi connectivity index (χ4v) is 4.02. The van der Waals surface area contributed by atoms with E-state index in [0.717, 1.165) is 38.9 Å². The van der Waals surface area contributed by atoms with Gasteiger partial charge in [0.2, 0.25) is 0 Å². The number of piperidine rings is 1. The molecule has 0 atom stereocenters. The first-order valence-corrected chi connectivity index (χ1v) is 9.60. The van der Waals surface area contributed by atoms with Gasteiger partial charge in [-0.25, -0.2) is 8.78 Å². The van der Waals surface area contributed by atoms with Crippen LogP contribution in [-0.2, 0) is 5.60 Å². The minimum absolute atomic E-state index is 0.0225. The summed E-state index contributed by atoms with van der Waals surface area (Å²) in [6.45, 7) is 2.72. The summed E-state index contributed by atoms with van der Waals surface area (Å²) in [5.41, 5.74) is 0.0226. The molecular formula is C21H24ClF2NO. The van der Waals surface area contributed by atoms with Crippen molar-refractivity contribution >= 4 is 11.6 Å². The maximum absolute atomic E-state index is 13.4. The monoisotopic (exact) mass is 379 g/mol. The Balaban J connectivity index is 1.89. The molecule has 0 bridgehead atoms.